The number of ether oxygens (including phenoxy) is 2. The number of benzene rings is 2. The highest BCUT2D eigenvalue weighted by atomic mass is 32.1. The minimum Gasteiger partial charge on any atom is -0.497 e. The normalized spacial score (nSPS) is 10.1. The van der Waals surface area contributed by atoms with Gasteiger partial charge in [-0.1, -0.05) is 18.3 Å². The van der Waals surface area contributed by atoms with Gasteiger partial charge in [0.05, 0.1) is 7.11 Å². The van der Waals surface area contributed by atoms with Crippen molar-refractivity contribution >= 4 is 17.2 Å². The predicted molar refractivity (Wildman–Crippen MR) is 79.6 cm³/mol. The molecule has 0 saturated carbocycles. The van der Waals surface area contributed by atoms with Crippen LogP contribution in [0.5, 0.6) is 11.5 Å². The van der Waals surface area contributed by atoms with Gasteiger partial charge < -0.3 is 15.2 Å². The molecule has 5 heteroatoms. The van der Waals surface area contributed by atoms with E-state index >= 15 is 0 Å². The largest absolute Gasteiger partial charge is 0.497 e. The number of thiocarbonyl (C=S) groups is 1. The van der Waals surface area contributed by atoms with Gasteiger partial charge in [0.25, 0.3) is 0 Å². The molecule has 0 saturated heterocycles. The molecule has 3 nitrogen and oxygen atoms in total. The smallest absolute Gasteiger partial charge is 0.123 e. The maximum atomic E-state index is 13.2. The molecule has 2 rings (SSSR count). The third-order valence-electron chi connectivity index (χ3n) is 2.79. The van der Waals surface area contributed by atoms with Gasteiger partial charge in [-0.3, -0.25) is 0 Å². The summed E-state index contributed by atoms with van der Waals surface area (Å²) in [6.45, 7) is 0.263. The summed E-state index contributed by atoms with van der Waals surface area (Å²) < 4.78 is 23.9. The number of hydrogen-bond acceptors (Lipinski definition) is 3. The van der Waals surface area contributed by atoms with Crippen LogP contribution in [-0.4, -0.2) is 12.1 Å². The van der Waals surface area contributed by atoms with E-state index in [1.54, 1.807) is 37.4 Å². The van der Waals surface area contributed by atoms with Gasteiger partial charge in [0.15, 0.2) is 0 Å². The van der Waals surface area contributed by atoms with Gasteiger partial charge in [-0.05, 0) is 42.0 Å². The minimum absolute atomic E-state index is 0.151. The Balaban J connectivity index is 2.12. The van der Waals surface area contributed by atoms with E-state index in [9.17, 15) is 4.39 Å². The number of halogens is 1. The summed E-state index contributed by atoms with van der Waals surface area (Å²) >= 11 is 4.91. The third kappa shape index (κ3) is 3.45. The van der Waals surface area contributed by atoms with Crippen LogP contribution in [0.4, 0.5) is 4.39 Å². The fourth-order valence-corrected chi connectivity index (χ4v) is 1.93. The lowest BCUT2D eigenvalue weighted by Gasteiger charge is -2.11. The average molecular weight is 291 g/mol. The van der Waals surface area contributed by atoms with Crippen molar-refractivity contribution < 1.29 is 13.9 Å². The van der Waals surface area contributed by atoms with E-state index in [-0.39, 0.29) is 17.4 Å². The van der Waals surface area contributed by atoms with Crippen LogP contribution < -0.4 is 15.2 Å². The second-order valence-electron chi connectivity index (χ2n) is 4.13. The summed E-state index contributed by atoms with van der Waals surface area (Å²) in [6, 6.07) is 11.5. The van der Waals surface area contributed by atoms with E-state index in [4.69, 9.17) is 27.4 Å². The lowest BCUT2D eigenvalue weighted by atomic mass is 10.1. The van der Waals surface area contributed by atoms with Crippen molar-refractivity contribution in [3.8, 4) is 11.5 Å². The van der Waals surface area contributed by atoms with Crippen molar-refractivity contribution in [2.75, 3.05) is 7.11 Å². The van der Waals surface area contributed by atoms with E-state index in [2.05, 4.69) is 0 Å². The Morgan fingerprint density at radius 2 is 1.80 bits per heavy atom. The molecule has 0 unspecified atom stereocenters. The summed E-state index contributed by atoms with van der Waals surface area (Å²) in [5.74, 6) is 1.06. The van der Waals surface area contributed by atoms with Crippen molar-refractivity contribution in [1.29, 1.82) is 0 Å². The summed E-state index contributed by atoms with van der Waals surface area (Å²) in [5.41, 5.74) is 6.82. The monoisotopic (exact) mass is 291 g/mol. The Labute approximate surface area is 122 Å². The van der Waals surface area contributed by atoms with Gasteiger partial charge in [-0.25, -0.2) is 4.39 Å². The molecule has 104 valence electrons. The first-order valence-corrected chi connectivity index (χ1v) is 6.36. The Morgan fingerprint density at radius 3 is 2.40 bits per heavy atom. The van der Waals surface area contributed by atoms with Crippen LogP contribution in [0.25, 0.3) is 0 Å². The number of methoxy groups -OCH3 is 1. The van der Waals surface area contributed by atoms with Crippen LogP contribution in [0.3, 0.4) is 0 Å². The van der Waals surface area contributed by atoms with Gasteiger partial charge in [0, 0.05) is 5.56 Å². The molecule has 0 aliphatic rings. The molecule has 0 aromatic heterocycles. The molecular weight excluding hydrogens is 277 g/mol. The first-order chi connectivity index (χ1) is 9.60. The molecule has 0 atom stereocenters. The third-order valence-corrected chi connectivity index (χ3v) is 3.01. The highest BCUT2D eigenvalue weighted by molar-refractivity contribution is 7.80. The average Bonchev–Trinajstić information content (AvgIpc) is 2.46. The quantitative estimate of drug-likeness (QED) is 0.860. The molecule has 2 aromatic carbocycles. The maximum absolute atomic E-state index is 13.2. The maximum Gasteiger partial charge on any atom is 0.123 e. The van der Waals surface area contributed by atoms with Gasteiger partial charge in [0.2, 0.25) is 0 Å². The standard InChI is InChI=1S/C15H14FNO2S/c1-18-12-4-6-13(7-5-12)19-9-10-2-3-11(16)8-14(10)15(17)20/h2-8H,9H2,1H3,(H2,17,20). The molecule has 0 amide bonds. The molecule has 20 heavy (non-hydrogen) atoms. The highest BCUT2D eigenvalue weighted by Crippen LogP contribution is 2.19. The van der Waals surface area contributed by atoms with Gasteiger partial charge in [0.1, 0.15) is 28.9 Å². The molecule has 2 aromatic rings. The molecule has 0 heterocycles. The molecule has 0 radical (unpaired) electrons. The van der Waals surface area contributed by atoms with Crippen molar-refractivity contribution in [2.45, 2.75) is 6.61 Å². The Kier molecular flexibility index (Phi) is 4.53. The lowest BCUT2D eigenvalue weighted by Crippen LogP contribution is -2.14. The molecule has 0 aliphatic heterocycles. The molecule has 0 aliphatic carbocycles. The molecular formula is C15H14FNO2S. The van der Waals surface area contributed by atoms with Crippen LogP contribution in [0.2, 0.25) is 0 Å². The van der Waals surface area contributed by atoms with Crippen molar-refractivity contribution in [1.82, 2.24) is 0 Å². The first kappa shape index (κ1) is 14.3. The van der Waals surface area contributed by atoms with E-state index in [1.165, 1.54) is 12.1 Å². The van der Waals surface area contributed by atoms with E-state index in [1.807, 2.05) is 0 Å². The minimum atomic E-state index is -0.374. The van der Waals surface area contributed by atoms with Crippen LogP contribution in [-0.2, 0) is 6.61 Å². The van der Waals surface area contributed by atoms with Crippen LogP contribution in [0, 0.1) is 5.82 Å². The van der Waals surface area contributed by atoms with E-state index < -0.39 is 0 Å². The van der Waals surface area contributed by atoms with Crippen molar-refractivity contribution in [2.24, 2.45) is 5.73 Å². The van der Waals surface area contributed by atoms with Gasteiger partial charge in [-0.15, -0.1) is 0 Å². The van der Waals surface area contributed by atoms with Crippen LogP contribution >= 0.6 is 12.2 Å². The van der Waals surface area contributed by atoms with Gasteiger partial charge >= 0.3 is 0 Å². The number of nitrogens with two attached hydrogens (primary N) is 1. The van der Waals surface area contributed by atoms with Crippen LogP contribution in [0.15, 0.2) is 42.5 Å². The number of rotatable bonds is 5. The summed E-state index contributed by atoms with van der Waals surface area (Å²) in [4.78, 5) is 0.151. The fraction of sp³-hybridized carbons (Fsp3) is 0.133. The molecule has 0 bridgehead atoms. The highest BCUT2D eigenvalue weighted by Gasteiger charge is 2.07. The Bertz CT molecular complexity index is 614. The zero-order valence-corrected chi connectivity index (χ0v) is 11.7. The molecule has 2 N–H and O–H groups in total. The molecule has 0 fully saturated rings. The van der Waals surface area contributed by atoms with E-state index in [0.29, 0.717) is 11.3 Å². The SMILES string of the molecule is COc1ccc(OCc2ccc(F)cc2C(N)=S)cc1. The topological polar surface area (TPSA) is 44.5 Å². The van der Waals surface area contributed by atoms with Crippen LogP contribution in [0.1, 0.15) is 11.1 Å². The summed E-state index contributed by atoms with van der Waals surface area (Å²) in [6.07, 6.45) is 0. The van der Waals surface area contributed by atoms with Crippen molar-refractivity contribution in [3.63, 3.8) is 0 Å². The zero-order chi connectivity index (χ0) is 14.5. The fourth-order valence-electron chi connectivity index (χ4n) is 1.74. The molecule has 0 spiro atoms. The second kappa shape index (κ2) is 6.34. The Morgan fingerprint density at radius 1 is 1.15 bits per heavy atom. The summed E-state index contributed by atoms with van der Waals surface area (Å²) in [7, 11) is 1.60. The predicted octanol–water partition coefficient (Wildman–Crippen LogP) is 3.05. The van der Waals surface area contributed by atoms with E-state index in [0.717, 1.165) is 11.3 Å². The second-order valence-corrected chi connectivity index (χ2v) is 4.57. The summed E-state index contributed by atoms with van der Waals surface area (Å²) in [5, 5.41) is 0. The number of hydrogen-bond donors (Lipinski definition) is 1. The Hall–Kier alpha value is -2.14. The lowest BCUT2D eigenvalue weighted by molar-refractivity contribution is 0.305. The zero-order valence-electron chi connectivity index (χ0n) is 10.9. The van der Waals surface area contributed by atoms with Crippen molar-refractivity contribution in [3.05, 3.63) is 59.4 Å². The first-order valence-electron chi connectivity index (χ1n) is 5.95. The van der Waals surface area contributed by atoms with Gasteiger partial charge in [-0.2, -0.15) is 0 Å².